The number of benzene rings is 2. The predicted molar refractivity (Wildman–Crippen MR) is 105 cm³/mol. The molecule has 28 heavy (non-hydrogen) atoms. The molecule has 0 fully saturated rings. The Labute approximate surface area is 163 Å². The van der Waals surface area contributed by atoms with Gasteiger partial charge in [-0.3, -0.25) is 4.79 Å². The van der Waals surface area contributed by atoms with E-state index in [0.29, 0.717) is 17.1 Å². The van der Waals surface area contributed by atoms with Crippen molar-refractivity contribution in [2.45, 2.75) is 10.9 Å². The van der Waals surface area contributed by atoms with Crippen molar-refractivity contribution in [3.05, 3.63) is 77.9 Å². The molecular weight excluding hydrogens is 378 g/mol. The number of imidazole rings is 1. The highest BCUT2D eigenvalue weighted by Gasteiger charge is 2.22. The summed E-state index contributed by atoms with van der Waals surface area (Å²) in [7, 11) is 0.111. The van der Waals surface area contributed by atoms with E-state index in [1.54, 1.807) is 19.5 Å². The van der Waals surface area contributed by atoms with Crippen LogP contribution in [0.25, 0.3) is 0 Å². The van der Waals surface area contributed by atoms with E-state index in [1.807, 2.05) is 35.9 Å². The molecule has 0 spiro atoms. The van der Waals surface area contributed by atoms with Crippen LogP contribution in [0.2, 0.25) is 0 Å². The molecule has 1 unspecified atom stereocenters. The molecule has 3 rings (SSSR count). The highest BCUT2D eigenvalue weighted by Crippen LogP contribution is 2.24. The van der Waals surface area contributed by atoms with Crippen LogP contribution in [0.1, 0.15) is 27.8 Å². The number of aromatic nitrogens is 2. The Bertz CT molecular complexity index is 1090. The van der Waals surface area contributed by atoms with Gasteiger partial charge < -0.3 is 14.6 Å². The van der Waals surface area contributed by atoms with Crippen molar-refractivity contribution in [1.82, 2.24) is 14.9 Å². The largest absolute Gasteiger partial charge is 0.497 e. The first-order chi connectivity index (χ1) is 13.3. The number of methoxy groups -OCH3 is 1. The first-order valence-corrected chi connectivity index (χ1v) is 10.4. The number of rotatable bonds is 6. The molecule has 0 aliphatic carbocycles. The van der Waals surface area contributed by atoms with Crippen molar-refractivity contribution in [2.24, 2.45) is 7.05 Å². The molecule has 146 valence electrons. The average Bonchev–Trinajstić information content (AvgIpc) is 3.11. The molecule has 0 saturated carbocycles. The number of nitrogens with zero attached hydrogens (tertiary/aromatic N) is 2. The standard InChI is InChI=1S/C20H21N3O4S/c1-23-12-11-21-19(23)18(15-5-4-6-16(13-15)27-2)22-20(24)14-7-9-17(10-8-14)28(3,25)26/h4-13,18H,1-3H3,(H,22,24). The molecule has 0 radical (unpaired) electrons. The normalized spacial score (nSPS) is 12.4. The fraction of sp³-hybridized carbons (Fsp3) is 0.200. The summed E-state index contributed by atoms with van der Waals surface area (Å²) in [4.78, 5) is 17.4. The van der Waals surface area contributed by atoms with Crippen LogP contribution in [-0.2, 0) is 16.9 Å². The molecule has 8 heteroatoms. The summed E-state index contributed by atoms with van der Waals surface area (Å²) in [5, 5.41) is 2.98. The topological polar surface area (TPSA) is 90.3 Å². The maximum Gasteiger partial charge on any atom is 0.252 e. The summed E-state index contributed by atoms with van der Waals surface area (Å²) in [5.74, 6) is 0.994. The van der Waals surface area contributed by atoms with Gasteiger partial charge >= 0.3 is 0 Å². The molecule has 2 aromatic carbocycles. The van der Waals surface area contributed by atoms with Crippen molar-refractivity contribution in [2.75, 3.05) is 13.4 Å². The van der Waals surface area contributed by atoms with Crippen LogP contribution in [0.3, 0.4) is 0 Å². The maximum absolute atomic E-state index is 12.8. The highest BCUT2D eigenvalue weighted by atomic mass is 32.2. The monoisotopic (exact) mass is 399 g/mol. The first-order valence-electron chi connectivity index (χ1n) is 8.52. The molecule has 7 nitrogen and oxygen atoms in total. The first kappa shape index (κ1) is 19.6. The van der Waals surface area contributed by atoms with Crippen molar-refractivity contribution in [3.8, 4) is 5.75 Å². The van der Waals surface area contributed by atoms with E-state index < -0.39 is 15.9 Å². The van der Waals surface area contributed by atoms with Gasteiger partial charge in [0.15, 0.2) is 9.84 Å². The highest BCUT2D eigenvalue weighted by molar-refractivity contribution is 7.90. The number of aryl methyl sites for hydroxylation is 1. The van der Waals surface area contributed by atoms with Gasteiger partial charge in [-0.1, -0.05) is 12.1 Å². The Hall–Kier alpha value is -3.13. The van der Waals surface area contributed by atoms with Crippen molar-refractivity contribution in [3.63, 3.8) is 0 Å². The van der Waals surface area contributed by atoms with Crippen LogP contribution in [0, 0.1) is 0 Å². The smallest absolute Gasteiger partial charge is 0.252 e. The van der Waals surface area contributed by atoms with Crippen molar-refractivity contribution in [1.29, 1.82) is 0 Å². The van der Waals surface area contributed by atoms with Gasteiger partial charge in [-0.2, -0.15) is 0 Å². The fourth-order valence-electron chi connectivity index (χ4n) is 2.84. The second-order valence-corrected chi connectivity index (χ2v) is 8.39. The number of hydrogen-bond donors (Lipinski definition) is 1. The van der Waals surface area contributed by atoms with Crippen molar-refractivity contribution >= 4 is 15.7 Å². The van der Waals surface area contributed by atoms with Gasteiger partial charge in [0.1, 0.15) is 17.6 Å². The molecular formula is C20H21N3O4S. The minimum atomic E-state index is -3.32. The van der Waals surface area contributed by atoms with Crippen LogP contribution >= 0.6 is 0 Å². The number of amides is 1. The lowest BCUT2D eigenvalue weighted by atomic mass is 10.0. The minimum Gasteiger partial charge on any atom is -0.497 e. The number of carbonyl (C=O) groups excluding carboxylic acids is 1. The lowest BCUT2D eigenvalue weighted by Crippen LogP contribution is -2.31. The lowest BCUT2D eigenvalue weighted by Gasteiger charge is -2.20. The molecule has 3 aromatic rings. The predicted octanol–water partition coefficient (Wildman–Crippen LogP) is 2.35. The summed E-state index contributed by atoms with van der Waals surface area (Å²) in [5.41, 5.74) is 1.17. The lowest BCUT2D eigenvalue weighted by molar-refractivity contribution is 0.0941. The Morgan fingerprint density at radius 2 is 1.89 bits per heavy atom. The zero-order valence-electron chi connectivity index (χ0n) is 15.8. The molecule has 0 aliphatic rings. The van der Waals surface area contributed by atoms with E-state index in [4.69, 9.17) is 4.74 Å². The second-order valence-electron chi connectivity index (χ2n) is 6.38. The van der Waals surface area contributed by atoms with Crippen LogP contribution in [-0.4, -0.2) is 37.2 Å². The summed E-state index contributed by atoms with van der Waals surface area (Å²) < 4.78 is 30.3. The third-order valence-corrected chi connectivity index (χ3v) is 5.49. The summed E-state index contributed by atoms with van der Waals surface area (Å²) in [6, 6.07) is 12.7. The number of ether oxygens (including phenoxy) is 1. The van der Waals surface area contributed by atoms with E-state index in [0.717, 1.165) is 11.8 Å². The number of sulfone groups is 1. The van der Waals surface area contributed by atoms with E-state index in [1.165, 1.54) is 24.3 Å². The van der Waals surface area contributed by atoms with Gasteiger partial charge in [-0.15, -0.1) is 0 Å². The maximum atomic E-state index is 12.8. The van der Waals surface area contributed by atoms with Gasteiger partial charge in [0.2, 0.25) is 0 Å². The van der Waals surface area contributed by atoms with E-state index in [2.05, 4.69) is 10.3 Å². The van der Waals surface area contributed by atoms with Gasteiger partial charge in [-0.25, -0.2) is 13.4 Å². The Morgan fingerprint density at radius 1 is 1.18 bits per heavy atom. The molecule has 0 saturated heterocycles. The quantitative estimate of drug-likeness (QED) is 0.687. The molecule has 1 amide bonds. The second kappa shape index (κ2) is 7.85. The third kappa shape index (κ3) is 4.23. The molecule has 0 aliphatic heterocycles. The molecule has 0 bridgehead atoms. The third-order valence-electron chi connectivity index (χ3n) is 4.36. The molecule has 1 heterocycles. The van der Waals surface area contributed by atoms with Crippen LogP contribution in [0.4, 0.5) is 0 Å². The van der Waals surface area contributed by atoms with Crippen LogP contribution in [0.15, 0.2) is 65.8 Å². The van der Waals surface area contributed by atoms with Crippen LogP contribution < -0.4 is 10.1 Å². The van der Waals surface area contributed by atoms with Gasteiger partial charge in [0.05, 0.1) is 12.0 Å². The van der Waals surface area contributed by atoms with Crippen LogP contribution in [0.5, 0.6) is 5.75 Å². The zero-order valence-corrected chi connectivity index (χ0v) is 16.6. The zero-order chi connectivity index (χ0) is 20.3. The Balaban J connectivity index is 1.93. The SMILES string of the molecule is COc1cccc(C(NC(=O)c2ccc(S(C)(=O)=O)cc2)c2nccn2C)c1. The number of carbonyl (C=O) groups is 1. The van der Waals surface area contributed by atoms with E-state index in [-0.39, 0.29) is 10.8 Å². The minimum absolute atomic E-state index is 0.164. The van der Waals surface area contributed by atoms with Crippen molar-refractivity contribution < 1.29 is 17.9 Å². The summed E-state index contributed by atoms with van der Waals surface area (Å²) in [6.45, 7) is 0. The number of hydrogen-bond acceptors (Lipinski definition) is 5. The van der Waals surface area contributed by atoms with Gasteiger partial charge in [0.25, 0.3) is 5.91 Å². The van der Waals surface area contributed by atoms with Gasteiger partial charge in [0, 0.05) is 31.3 Å². The van der Waals surface area contributed by atoms with E-state index in [9.17, 15) is 13.2 Å². The van der Waals surface area contributed by atoms with E-state index >= 15 is 0 Å². The Morgan fingerprint density at radius 3 is 2.46 bits per heavy atom. The fourth-order valence-corrected chi connectivity index (χ4v) is 3.47. The summed E-state index contributed by atoms with van der Waals surface area (Å²) >= 11 is 0. The van der Waals surface area contributed by atoms with Gasteiger partial charge in [-0.05, 0) is 42.0 Å². The molecule has 1 N–H and O–H groups in total. The molecule has 1 aromatic heterocycles. The molecule has 1 atom stereocenters. The summed E-state index contributed by atoms with van der Waals surface area (Å²) in [6.07, 6.45) is 4.59. The average molecular weight is 399 g/mol. The number of nitrogens with one attached hydrogen (secondary N) is 1. The Kier molecular flexibility index (Phi) is 5.51.